The predicted octanol–water partition coefficient (Wildman–Crippen LogP) is 2.85. The summed E-state index contributed by atoms with van der Waals surface area (Å²) in [6.45, 7) is 1.70. The molecule has 0 bridgehead atoms. The second kappa shape index (κ2) is 8.71. The molecule has 1 N–H and O–H groups in total. The summed E-state index contributed by atoms with van der Waals surface area (Å²) in [6, 6.07) is 13.8. The summed E-state index contributed by atoms with van der Waals surface area (Å²) in [5.74, 6) is -1.13. The zero-order valence-corrected chi connectivity index (χ0v) is 16.6. The third kappa shape index (κ3) is 4.40. The fourth-order valence-electron chi connectivity index (χ4n) is 2.56. The number of esters is 1. The number of hydrazine groups is 1. The number of halogens is 1. The van der Waals surface area contributed by atoms with E-state index in [-0.39, 0.29) is 18.8 Å². The molecule has 2 amide bonds. The summed E-state index contributed by atoms with van der Waals surface area (Å²) in [4.78, 5) is 36.6. The Kier molecular flexibility index (Phi) is 6.10. The van der Waals surface area contributed by atoms with Gasteiger partial charge in [-0.05, 0) is 43.3 Å². The number of hydrogen-bond acceptors (Lipinski definition) is 5. The molecule has 7 nitrogen and oxygen atoms in total. The lowest BCUT2D eigenvalue weighted by molar-refractivity contribution is -0.145. The lowest BCUT2D eigenvalue weighted by atomic mass is 10.1. The van der Waals surface area contributed by atoms with Gasteiger partial charge in [-0.15, -0.1) is 0 Å². The van der Waals surface area contributed by atoms with Gasteiger partial charge < -0.3 is 9.47 Å². The maximum absolute atomic E-state index is 12.7. The largest absolute Gasteiger partial charge is 0.481 e. The van der Waals surface area contributed by atoms with Crippen LogP contribution >= 0.6 is 15.9 Å². The molecule has 1 aliphatic heterocycles. The zero-order chi connectivity index (χ0) is 20.1. The molecule has 2 aromatic carbocycles. The van der Waals surface area contributed by atoms with Crippen molar-refractivity contribution in [3.05, 3.63) is 64.1 Å². The van der Waals surface area contributed by atoms with Crippen LogP contribution < -0.4 is 15.2 Å². The van der Waals surface area contributed by atoms with Crippen molar-refractivity contribution in [1.29, 1.82) is 0 Å². The van der Waals surface area contributed by atoms with Gasteiger partial charge >= 0.3 is 5.97 Å². The number of anilines is 1. The molecule has 1 saturated heterocycles. The SMILES string of the molecule is CCOC(=O)COc1ccccc1/C=C1/C(=O)NN(c2ccc(Br)cc2)C1=O. The van der Waals surface area contributed by atoms with Gasteiger partial charge in [-0.1, -0.05) is 34.1 Å². The maximum Gasteiger partial charge on any atom is 0.344 e. The molecule has 0 radical (unpaired) electrons. The molecule has 1 fully saturated rings. The monoisotopic (exact) mass is 444 g/mol. The van der Waals surface area contributed by atoms with E-state index in [0.29, 0.717) is 17.0 Å². The van der Waals surface area contributed by atoms with E-state index in [4.69, 9.17) is 9.47 Å². The van der Waals surface area contributed by atoms with Crippen LogP contribution in [0.4, 0.5) is 5.69 Å². The summed E-state index contributed by atoms with van der Waals surface area (Å²) < 4.78 is 11.2. The molecule has 0 aliphatic carbocycles. The Balaban J connectivity index is 1.83. The first-order chi connectivity index (χ1) is 13.5. The number of amides is 2. The smallest absolute Gasteiger partial charge is 0.344 e. The molecule has 8 heteroatoms. The topological polar surface area (TPSA) is 84.9 Å². The van der Waals surface area contributed by atoms with Crippen LogP contribution in [-0.2, 0) is 19.1 Å². The highest BCUT2D eigenvalue weighted by Crippen LogP contribution is 2.26. The standard InChI is InChI=1S/C20H17BrN2O5/c1-2-27-18(24)12-28-17-6-4-3-5-13(17)11-16-19(25)22-23(20(16)26)15-9-7-14(21)8-10-15/h3-11H,2,12H2,1H3,(H,22,25)/b16-11-. The van der Waals surface area contributed by atoms with Crippen molar-refractivity contribution in [2.45, 2.75) is 6.92 Å². The third-order valence-corrected chi connectivity index (χ3v) is 4.37. The average Bonchev–Trinajstić information content (AvgIpc) is 2.96. The van der Waals surface area contributed by atoms with Crippen molar-refractivity contribution in [3.8, 4) is 5.75 Å². The third-order valence-electron chi connectivity index (χ3n) is 3.85. The summed E-state index contributed by atoms with van der Waals surface area (Å²) in [5.41, 5.74) is 3.55. The maximum atomic E-state index is 12.7. The lowest BCUT2D eigenvalue weighted by Gasteiger charge is -2.14. The molecule has 3 rings (SSSR count). The molecular formula is C20H17BrN2O5. The van der Waals surface area contributed by atoms with Gasteiger partial charge in [0.25, 0.3) is 11.8 Å². The highest BCUT2D eigenvalue weighted by atomic mass is 79.9. The van der Waals surface area contributed by atoms with Gasteiger partial charge in [-0.25, -0.2) is 9.80 Å². The van der Waals surface area contributed by atoms with Crippen molar-refractivity contribution < 1.29 is 23.9 Å². The van der Waals surface area contributed by atoms with Gasteiger partial charge in [0.2, 0.25) is 0 Å². The Hall–Kier alpha value is -3.13. The Morgan fingerprint density at radius 3 is 2.57 bits per heavy atom. The molecule has 1 heterocycles. The number of carbonyl (C=O) groups is 3. The van der Waals surface area contributed by atoms with Gasteiger partial charge in [0.05, 0.1) is 12.3 Å². The number of nitrogens with one attached hydrogen (secondary N) is 1. The first kappa shape index (κ1) is 19.6. The van der Waals surface area contributed by atoms with Crippen LogP contribution in [0.15, 0.2) is 58.6 Å². The van der Waals surface area contributed by atoms with Crippen molar-refractivity contribution >= 4 is 45.5 Å². The van der Waals surface area contributed by atoms with E-state index < -0.39 is 17.8 Å². The minimum Gasteiger partial charge on any atom is -0.481 e. The summed E-state index contributed by atoms with van der Waals surface area (Å²) >= 11 is 3.33. The number of hydrogen-bond donors (Lipinski definition) is 1. The van der Waals surface area contributed by atoms with Gasteiger partial charge in [0, 0.05) is 10.0 Å². The van der Waals surface area contributed by atoms with Gasteiger partial charge in [-0.2, -0.15) is 0 Å². The van der Waals surface area contributed by atoms with Gasteiger partial charge in [0.1, 0.15) is 11.3 Å². The molecule has 0 aromatic heterocycles. The van der Waals surface area contributed by atoms with E-state index >= 15 is 0 Å². The van der Waals surface area contributed by atoms with Crippen LogP contribution in [0.25, 0.3) is 6.08 Å². The van der Waals surface area contributed by atoms with Crippen molar-refractivity contribution in [1.82, 2.24) is 5.43 Å². The lowest BCUT2D eigenvalue weighted by Crippen LogP contribution is -2.35. The Bertz CT molecular complexity index is 940. The molecule has 28 heavy (non-hydrogen) atoms. The van der Waals surface area contributed by atoms with E-state index in [1.807, 2.05) is 0 Å². The first-order valence-corrected chi connectivity index (χ1v) is 9.29. The molecule has 0 spiro atoms. The van der Waals surface area contributed by atoms with Crippen LogP contribution in [0.1, 0.15) is 12.5 Å². The normalized spacial score (nSPS) is 14.9. The quantitative estimate of drug-likeness (QED) is 0.420. The second-order valence-electron chi connectivity index (χ2n) is 5.75. The number of para-hydroxylation sites is 1. The molecule has 0 saturated carbocycles. The Morgan fingerprint density at radius 2 is 1.86 bits per heavy atom. The van der Waals surface area contributed by atoms with E-state index in [1.165, 1.54) is 11.1 Å². The second-order valence-corrected chi connectivity index (χ2v) is 6.66. The van der Waals surface area contributed by atoms with Crippen molar-refractivity contribution in [2.75, 3.05) is 18.2 Å². The fraction of sp³-hybridized carbons (Fsp3) is 0.150. The predicted molar refractivity (Wildman–Crippen MR) is 106 cm³/mol. The van der Waals surface area contributed by atoms with E-state index in [1.54, 1.807) is 55.5 Å². The van der Waals surface area contributed by atoms with Crippen molar-refractivity contribution in [3.63, 3.8) is 0 Å². The zero-order valence-electron chi connectivity index (χ0n) is 15.0. The number of rotatable bonds is 6. The van der Waals surface area contributed by atoms with Crippen LogP contribution in [0.5, 0.6) is 5.75 Å². The number of nitrogens with zero attached hydrogens (tertiary/aromatic N) is 1. The molecule has 0 atom stereocenters. The number of benzene rings is 2. The molecule has 2 aromatic rings. The molecular weight excluding hydrogens is 428 g/mol. The van der Waals surface area contributed by atoms with Crippen LogP contribution in [0, 0.1) is 0 Å². The summed E-state index contributed by atoms with van der Waals surface area (Å²) in [6.07, 6.45) is 1.44. The minimum atomic E-state index is -0.520. The van der Waals surface area contributed by atoms with E-state index in [2.05, 4.69) is 21.4 Å². The van der Waals surface area contributed by atoms with Gasteiger partial charge in [-0.3, -0.25) is 15.0 Å². The van der Waals surface area contributed by atoms with Crippen LogP contribution in [0.3, 0.4) is 0 Å². The highest BCUT2D eigenvalue weighted by molar-refractivity contribution is 9.10. The number of carbonyl (C=O) groups excluding carboxylic acids is 3. The Labute approximate surface area is 170 Å². The van der Waals surface area contributed by atoms with Crippen molar-refractivity contribution in [2.24, 2.45) is 0 Å². The minimum absolute atomic E-state index is 0.0323. The molecule has 144 valence electrons. The first-order valence-electron chi connectivity index (χ1n) is 8.49. The fourth-order valence-corrected chi connectivity index (χ4v) is 2.82. The Morgan fingerprint density at radius 1 is 1.14 bits per heavy atom. The van der Waals surface area contributed by atoms with Crippen LogP contribution in [0.2, 0.25) is 0 Å². The number of ether oxygens (including phenoxy) is 2. The summed E-state index contributed by atoms with van der Waals surface area (Å²) in [5, 5.41) is 1.18. The van der Waals surface area contributed by atoms with Crippen LogP contribution in [-0.4, -0.2) is 31.0 Å². The molecule has 1 aliphatic rings. The molecule has 0 unspecified atom stereocenters. The van der Waals surface area contributed by atoms with Gasteiger partial charge in [0.15, 0.2) is 6.61 Å². The van der Waals surface area contributed by atoms with E-state index in [9.17, 15) is 14.4 Å². The summed E-state index contributed by atoms with van der Waals surface area (Å²) in [7, 11) is 0. The average molecular weight is 445 g/mol. The highest BCUT2D eigenvalue weighted by Gasteiger charge is 2.34. The van der Waals surface area contributed by atoms with E-state index in [0.717, 1.165) is 4.47 Å².